The number of hydrogen-bond acceptors (Lipinski definition) is 2. The zero-order chi connectivity index (χ0) is 6.69. The van der Waals surface area contributed by atoms with Gasteiger partial charge in [0.1, 0.15) is 12.3 Å². The predicted molar refractivity (Wildman–Crippen MR) is 29.7 cm³/mol. The van der Waals surface area contributed by atoms with E-state index in [9.17, 15) is 9.18 Å². The van der Waals surface area contributed by atoms with Crippen LogP contribution in [0.3, 0.4) is 0 Å². The van der Waals surface area contributed by atoms with Crippen LogP contribution in [0.1, 0.15) is 19.3 Å². The summed E-state index contributed by atoms with van der Waals surface area (Å²) < 4.78 is 16.9. The fourth-order valence-corrected chi connectivity index (χ4v) is 1.09. The molecular formula is C6H9FO2. The number of alkyl halides is 1. The molecule has 0 aromatic rings. The average molecular weight is 132 g/mol. The number of hydrogen-bond donors (Lipinski definition) is 0. The summed E-state index contributed by atoms with van der Waals surface area (Å²) in [6.45, 7) is 0.392. The van der Waals surface area contributed by atoms with Crippen LogP contribution in [0.4, 0.5) is 4.39 Å². The summed E-state index contributed by atoms with van der Waals surface area (Å²) in [6, 6.07) is 0. The maximum absolute atomic E-state index is 12.3. The van der Waals surface area contributed by atoms with Crippen molar-refractivity contribution in [1.29, 1.82) is 0 Å². The number of ether oxygens (including phenoxy) is 1. The Morgan fingerprint density at radius 1 is 1.56 bits per heavy atom. The highest BCUT2D eigenvalue weighted by Gasteiger charge is 2.24. The van der Waals surface area contributed by atoms with Gasteiger partial charge in [-0.1, -0.05) is 0 Å². The number of rotatable bonds is 2. The van der Waals surface area contributed by atoms with Crippen molar-refractivity contribution < 1.29 is 13.9 Å². The Kier molecular flexibility index (Phi) is 2.03. The van der Waals surface area contributed by atoms with E-state index < -0.39 is 6.17 Å². The van der Waals surface area contributed by atoms with Crippen LogP contribution in [0.5, 0.6) is 0 Å². The first kappa shape index (κ1) is 6.52. The van der Waals surface area contributed by atoms with Crippen molar-refractivity contribution in [3.05, 3.63) is 0 Å². The largest absolute Gasteiger partial charge is 0.464 e. The van der Waals surface area contributed by atoms with Crippen LogP contribution in [-0.4, -0.2) is 18.7 Å². The molecule has 2 nitrogen and oxygen atoms in total. The van der Waals surface area contributed by atoms with E-state index in [-0.39, 0.29) is 6.10 Å². The average Bonchev–Trinajstić information content (AvgIpc) is 2.17. The van der Waals surface area contributed by atoms with E-state index in [0.29, 0.717) is 25.7 Å². The molecule has 1 rings (SSSR count). The molecular weight excluding hydrogens is 123 g/mol. The Bertz CT molecular complexity index is 105. The first-order valence-electron chi connectivity index (χ1n) is 3.06. The van der Waals surface area contributed by atoms with Crippen LogP contribution < -0.4 is 0 Å². The van der Waals surface area contributed by atoms with Gasteiger partial charge in [0.05, 0.1) is 0 Å². The SMILES string of the molecule is O=CO[C@H]1CC[C@@H](F)C1. The molecule has 0 aromatic heterocycles. The minimum Gasteiger partial charge on any atom is -0.464 e. The second-order valence-electron chi connectivity index (χ2n) is 2.26. The van der Waals surface area contributed by atoms with Crippen LogP contribution in [0.2, 0.25) is 0 Å². The Morgan fingerprint density at radius 3 is 2.78 bits per heavy atom. The Balaban J connectivity index is 2.21. The van der Waals surface area contributed by atoms with Crippen molar-refractivity contribution in [2.75, 3.05) is 0 Å². The molecule has 3 heteroatoms. The lowest BCUT2D eigenvalue weighted by Crippen LogP contribution is -2.06. The summed E-state index contributed by atoms with van der Waals surface area (Å²) in [5, 5.41) is 0. The fraction of sp³-hybridized carbons (Fsp3) is 0.833. The standard InChI is InChI=1S/C6H9FO2/c7-5-1-2-6(3-5)9-4-8/h4-6H,1-3H2/t5-,6+/m1/s1. The van der Waals surface area contributed by atoms with Gasteiger partial charge in [-0.3, -0.25) is 4.79 Å². The monoisotopic (exact) mass is 132 g/mol. The minimum atomic E-state index is -0.755. The molecule has 0 spiro atoms. The van der Waals surface area contributed by atoms with Crippen LogP contribution in [-0.2, 0) is 9.53 Å². The molecule has 52 valence electrons. The van der Waals surface area contributed by atoms with Crippen LogP contribution in [0.25, 0.3) is 0 Å². The maximum atomic E-state index is 12.3. The predicted octanol–water partition coefficient (Wildman–Crippen LogP) is 1.05. The zero-order valence-corrected chi connectivity index (χ0v) is 5.05. The normalized spacial score (nSPS) is 34.3. The fourth-order valence-electron chi connectivity index (χ4n) is 1.09. The summed E-state index contributed by atoms with van der Waals surface area (Å²) in [7, 11) is 0. The number of carbonyl (C=O) groups is 1. The molecule has 1 aliphatic carbocycles. The molecule has 1 aliphatic rings. The molecule has 0 aliphatic heterocycles. The van der Waals surface area contributed by atoms with Crippen LogP contribution in [0.15, 0.2) is 0 Å². The highest BCUT2D eigenvalue weighted by atomic mass is 19.1. The molecule has 0 heterocycles. The molecule has 0 saturated heterocycles. The van der Waals surface area contributed by atoms with E-state index >= 15 is 0 Å². The first-order chi connectivity index (χ1) is 4.33. The van der Waals surface area contributed by atoms with Gasteiger partial charge in [-0.2, -0.15) is 0 Å². The van der Waals surface area contributed by atoms with Crippen molar-refractivity contribution >= 4 is 6.47 Å². The van der Waals surface area contributed by atoms with E-state index in [1.807, 2.05) is 0 Å². The second-order valence-corrected chi connectivity index (χ2v) is 2.26. The maximum Gasteiger partial charge on any atom is 0.293 e. The lowest BCUT2D eigenvalue weighted by atomic mass is 10.3. The highest BCUT2D eigenvalue weighted by molar-refractivity contribution is 5.37. The van der Waals surface area contributed by atoms with Gasteiger partial charge in [0.15, 0.2) is 0 Å². The van der Waals surface area contributed by atoms with Crippen LogP contribution >= 0.6 is 0 Å². The van der Waals surface area contributed by atoms with E-state index in [4.69, 9.17) is 0 Å². The highest BCUT2D eigenvalue weighted by Crippen LogP contribution is 2.23. The summed E-state index contributed by atoms with van der Waals surface area (Å²) in [5.74, 6) is 0. The molecule has 1 fully saturated rings. The second kappa shape index (κ2) is 2.80. The van der Waals surface area contributed by atoms with E-state index in [1.165, 1.54) is 0 Å². The summed E-state index contributed by atoms with van der Waals surface area (Å²) in [5.41, 5.74) is 0. The van der Waals surface area contributed by atoms with Crippen molar-refractivity contribution in [3.8, 4) is 0 Å². The lowest BCUT2D eigenvalue weighted by Gasteiger charge is -2.03. The molecule has 2 atom stereocenters. The molecule has 9 heavy (non-hydrogen) atoms. The molecule has 0 aromatic carbocycles. The first-order valence-corrected chi connectivity index (χ1v) is 3.06. The van der Waals surface area contributed by atoms with Crippen molar-refractivity contribution in [2.24, 2.45) is 0 Å². The Hall–Kier alpha value is -0.600. The third kappa shape index (κ3) is 1.66. The van der Waals surface area contributed by atoms with Gasteiger partial charge in [-0.05, 0) is 12.8 Å². The molecule has 0 unspecified atom stereocenters. The van der Waals surface area contributed by atoms with E-state index in [0.717, 1.165) is 0 Å². The number of carbonyl (C=O) groups excluding carboxylic acids is 1. The minimum absolute atomic E-state index is 0.155. The quantitative estimate of drug-likeness (QED) is 0.525. The topological polar surface area (TPSA) is 26.3 Å². The molecule has 0 bridgehead atoms. The lowest BCUT2D eigenvalue weighted by molar-refractivity contribution is -0.133. The zero-order valence-electron chi connectivity index (χ0n) is 5.05. The Labute approximate surface area is 53.0 Å². The third-order valence-corrected chi connectivity index (χ3v) is 1.57. The summed E-state index contributed by atoms with van der Waals surface area (Å²) in [4.78, 5) is 9.72. The van der Waals surface area contributed by atoms with Gasteiger partial charge < -0.3 is 4.74 Å². The van der Waals surface area contributed by atoms with E-state index in [1.54, 1.807) is 0 Å². The number of halogens is 1. The van der Waals surface area contributed by atoms with Gasteiger partial charge in [-0.25, -0.2) is 4.39 Å². The van der Waals surface area contributed by atoms with Crippen molar-refractivity contribution in [3.63, 3.8) is 0 Å². The molecule has 0 radical (unpaired) electrons. The van der Waals surface area contributed by atoms with Gasteiger partial charge in [0.2, 0.25) is 0 Å². The van der Waals surface area contributed by atoms with Gasteiger partial charge in [0.25, 0.3) is 6.47 Å². The van der Waals surface area contributed by atoms with Crippen molar-refractivity contribution in [1.82, 2.24) is 0 Å². The smallest absolute Gasteiger partial charge is 0.293 e. The molecule has 0 amide bonds. The van der Waals surface area contributed by atoms with Crippen molar-refractivity contribution in [2.45, 2.75) is 31.5 Å². The van der Waals surface area contributed by atoms with Gasteiger partial charge >= 0.3 is 0 Å². The summed E-state index contributed by atoms with van der Waals surface area (Å²) >= 11 is 0. The molecule has 1 saturated carbocycles. The van der Waals surface area contributed by atoms with Crippen LogP contribution in [0, 0.1) is 0 Å². The third-order valence-electron chi connectivity index (χ3n) is 1.57. The van der Waals surface area contributed by atoms with E-state index in [2.05, 4.69) is 4.74 Å². The summed E-state index contributed by atoms with van der Waals surface area (Å²) in [6.07, 6.45) is 0.699. The molecule has 0 N–H and O–H groups in total. The Morgan fingerprint density at radius 2 is 2.33 bits per heavy atom. The van der Waals surface area contributed by atoms with Gasteiger partial charge in [0, 0.05) is 6.42 Å². The van der Waals surface area contributed by atoms with Gasteiger partial charge in [-0.15, -0.1) is 0 Å².